The van der Waals surface area contributed by atoms with Gasteiger partial charge >= 0.3 is 0 Å². The summed E-state index contributed by atoms with van der Waals surface area (Å²) in [5, 5.41) is 5.48. The Morgan fingerprint density at radius 2 is 1.54 bits per heavy atom. The number of hydrogen-bond acceptors (Lipinski definition) is 4. The summed E-state index contributed by atoms with van der Waals surface area (Å²) in [4.78, 5) is 12.8. The van der Waals surface area contributed by atoms with Crippen LogP contribution in [0.3, 0.4) is 0 Å². The van der Waals surface area contributed by atoms with Gasteiger partial charge in [-0.1, -0.05) is 59.8 Å². The number of benzene rings is 4. The number of nitrogens with one attached hydrogen (secondary N) is 1. The minimum atomic E-state index is 0.0144. The summed E-state index contributed by atoms with van der Waals surface area (Å²) in [5.74, 6) is 0. The summed E-state index contributed by atoms with van der Waals surface area (Å²) in [5.41, 5.74) is 4.92. The molecule has 4 nitrogen and oxygen atoms in total. The zero-order chi connectivity index (χ0) is 27.2. The number of fused-ring (bicyclic) bond motifs is 2. The van der Waals surface area contributed by atoms with Crippen LogP contribution in [0.25, 0.3) is 28.1 Å². The van der Waals surface area contributed by atoms with E-state index in [1.807, 2.05) is 18.2 Å². The SMILES string of the molecule is CC1(C)CC(N=c2cc3n(-c4ccccc4)c4ccc(Cl)cc4nc-3cc2Sc2ccccc2)CC(C)(C)N1. The van der Waals surface area contributed by atoms with Crippen molar-refractivity contribution in [3.63, 3.8) is 0 Å². The van der Waals surface area contributed by atoms with Gasteiger partial charge in [-0.3, -0.25) is 4.99 Å². The molecule has 1 fully saturated rings. The number of hydrogen-bond donors (Lipinski definition) is 1. The smallest absolute Gasteiger partial charge is 0.0893 e. The molecule has 0 aromatic heterocycles. The molecular formula is C33H33ClN4S. The molecule has 2 aliphatic heterocycles. The molecule has 6 heteroatoms. The Labute approximate surface area is 239 Å². The first kappa shape index (κ1) is 26.1. The molecular weight excluding hydrogens is 520 g/mol. The van der Waals surface area contributed by atoms with Crippen molar-refractivity contribution in [2.45, 2.75) is 67.4 Å². The van der Waals surface area contributed by atoms with Crippen LogP contribution in [-0.4, -0.2) is 26.7 Å². The van der Waals surface area contributed by atoms with Crippen molar-refractivity contribution >= 4 is 34.4 Å². The normalized spacial score (nSPS) is 17.6. The van der Waals surface area contributed by atoms with Crippen molar-refractivity contribution in [2.75, 3.05) is 0 Å². The predicted octanol–water partition coefficient (Wildman–Crippen LogP) is 8.14. The summed E-state index contributed by atoms with van der Waals surface area (Å²) in [6.45, 7) is 9.12. The van der Waals surface area contributed by atoms with E-state index in [9.17, 15) is 0 Å². The molecule has 1 N–H and O–H groups in total. The van der Waals surface area contributed by atoms with E-state index in [1.54, 1.807) is 11.8 Å². The molecule has 39 heavy (non-hydrogen) atoms. The molecule has 0 amide bonds. The van der Waals surface area contributed by atoms with Gasteiger partial charge in [0.25, 0.3) is 0 Å². The average Bonchev–Trinajstić information content (AvgIpc) is 2.87. The first-order chi connectivity index (χ1) is 18.7. The third-order valence-electron chi connectivity index (χ3n) is 7.19. The van der Waals surface area contributed by atoms with E-state index >= 15 is 0 Å². The summed E-state index contributed by atoms with van der Waals surface area (Å²) in [7, 11) is 0. The monoisotopic (exact) mass is 552 g/mol. The van der Waals surface area contributed by atoms with E-state index in [0.29, 0.717) is 5.02 Å². The molecule has 2 heterocycles. The van der Waals surface area contributed by atoms with E-state index in [0.717, 1.165) is 51.2 Å². The molecule has 3 aliphatic rings. The molecule has 1 saturated heterocycles. The lowest BCUT2D eigenvalue weighted by molar-refractivity contribution is 0.163. The lowest BCUT2D eigenvalue weighted by Gasteiger charge is -2.45. The second-order valence-corrected chi connectivity index (χ2v) is 13.3. The number of halogens is 1. The number of nitrogens with zero attached hydrogens (tertiary/aromatic N) is 3. The van der Waals surface area contributed by atoms with Crippen LogP contribution in [0.1, 0.15) is 40.5 Å². The van der Waals surface area contributed by atoms with Crippen LogP contribution >= 0.6 is 23.4 Å². The molecule has 0 unspecified atom stereocenters. The van der Waals surface area contributed by atoms with Crippen LogP contribution in [0.2, 0.25) is 5.02 Å². The van der Waals surface area contributed by atoms with Gasteiger partial charge in [-0.15, -0.1) is 0 Å². The Bertz CT molecular complexity index is 1660. The summed E-state index contributed by atoms with van der Waals surface area (Å²) in [6.07, 6.45) is 1.97. The minimum absolute atomic E-state index is 0.0144. The molecule has 0 radical (unpaired) electrons. The average molecular weight is 553 g/mol. The van der Waals surface area contributed by atoms with Crippen LogP contribution in [-0.2, 0) is 0 Å². The van der Waals surface area contributed by atoms with Gasteiger partial charge in [-0.2, -0.15) is 0 Å². The molecule has 1 aliphatic carbocycles. The van der Waals surface area contributed by atoms with Crippen LogP contribution in [0, 0.1) is 0 Å². The highest BCUT2D eigenvalue weighted by atomic mass is 35.5. The van der Waals surface area contributed by atoms with Gasteiger partial charge in [0.15, 0.2) is 0 Å². The predicted molar refractivity (Wildman–Crippen MR) is 163 cm³/mol. The first-order valence-corrected chi connectivity index (χ1v) is 14.6. The van der Waals surface area contributed by atoms with Crippen molar-refractivity contribution in [2.24, 2.45) is 4.99 Å². The van der Waals surface area contributed by atoms with Gasteiger partial charge in [-0.05, 0) is 95.1 Å². The number of para-hydroxylation sites is 1. The molecule has 0 spiro atoms. The van der Waals surface area contributed by atoms with Crippen molar-refractivity contribution < 1.29 is 0 Å². The standard InChI is InChI=1S/C33H33ClN4S/c1-32(2)20-23(21-33(3,4)37-32)35-28-18-30-27(19-31(28)39-25-13-9-6-10-14-25)36-26-17-22(34)15-16-29(26)38(30)24-11-7-5-8-12-24/h5-19,23,37H,20-21H2,1-4H3. The zero-order valence-corrected chi connectivity index (χ0v) is 24.4. The van der Waals surface area contributed by atoms with E-state index in [4.69, 9.17) is 21.6 Å². The maximum Gasteiger partial charge on any atom is 0.0893 e. The lowest BCUT2D eigenvalue weighted by atomic mass is 9.80. The van der Waals surface area contributed by atoms with E-state index in [-0.39, 0.29) is 17.1 Å². The Kier molecular flexibility index (Phi) is 6.78. The second kappa shape index (κ2) is 10.1. The molecule has 0 saturated carbocycles. The van der Waals surface area contributed by atoms with Gasteiger partial charge in [-0.25, -0.2) is 4.98 Å². The van der Waals surface area contributed by atoms with Crippen molar-refractivity contribution in [1.82, 2.24) is 14.9 Å². The summed E-state index contributed by atoms with van der Waals surface area (Å²) < 4.78 is 2.28. The lowest BCUT2D eigenvalue weighted by Crippen LogP contribution is -2.59. The highest BCUT2D eigenvalue weighted by Gasteiger charge is 2.37. The van der Waals surface area contributed by atoms with E-state index in [1.165, 1.54) is 4.90 Å². The summed E-state index contributed by atoms with van der Waals surface area (Å²) >= 11 is 8.16. The van der Waals surface area contributed by atoms with E-state index < -0.39 is 0 Å². The van der Waals surface area contributed by atoms with Crippen molar-refractivity contribution in [3.05, 3.63) is 101 Å². The Balaban J connectivity index is 1.63. The minimum Gasteiger partial charge on any atom is -0.307 e. The molecule has 3 aromatic rings. The largest absolute Gasteiger partial charge is 0.307 e. The molecule has 0 atom stereocenters. The Morgan fingerprint density at radius 3 is 2.23 bits per heavy atom. The van der Waals surface area contributed by atoms with Gasteiger partial charge in [0.2, 0.25) is 0 Å². The maximum atomic E-state index is 6.41. The first-order valence-electron chi connectivity index (χ1n) is 13.4. The number of piperidine rings is 1. The fraction of sp³-hybridized carbons (Fsp3) is 0.273. The van der Waals surface area contributed by atoms with E-state index in [2.05, 4.69) is 110 Å². The highest BCUT2D eigenvalue weighted by Crippen LogP contribution is 2.35. The zero-order valence-electron chi connectivity index (χ0n) is 22.8. The van der Waals surface area contributed by atoms with Gasteiger partial charge in [0.05, 0.1) is 33.8 Å². The Morgan fingerprint density at radius 1 is 0.872 bits per heavy atom. The van der Waals surface area contributed by atoms with Crippen LogP contribution in [0.5, 0.6) is 0 Å². The summed E-state index contributed by atoms with van der Waals surface area (Å²) in [6, 6.07) is 31.5. The quantitative estimate of drug-likeness (QED) is 0.229. The Hall–Kier alpha value is -3.12. The van der Waals surface area contributed by atoms with Gasteiger partial charge < -0.3 is 9.88 Å². The van der Waals surface area contributed by atoms with Crippen molar-refractivity contribution in [3.8, 4) is 17.1 Å². The molecule has 6 rings (SSSR count). The third-order valence-corrected chi connectivity index (χ3v) is 8.48. The molecule has 198 valence electrons. The molecule has 0 bridgehead atoms. The van der Waals surface area contributed by atoms with Gasteiger partial charge in [0, 0.05) is 31.6 Å². The van der Waals surface area contributed by atoms with Gasteiger partial charge in [0.1, 0.15) is 0 Å². The topological polar surface area (TPSA) is 42.2 Å². The van der Waals surface area contributed by atoms with Crippen LogP contribution in [0.4, 0.5) is 0 Å². The van der Waals surface area contributed by atoms with Crippen molar-refractivity contribution in [1.29, 1.82) is 0 Å². The number of rotatable bonds is 4. The fourth-order valence-electron chi connectivity index (χ4n) is 6.06. The highest BCUT2D eigenvalue weighted by molar-refractivity contribution is 7.99. The maximum absolute atomic E-state index is 6.41. The number of aromatic nitrogens is 2. The van der Waals surface area contributed by atoms with Crippen LogP contribution < -0.4 is 10.7 Å². The molecule has 3 aromatic carbocycles. The third kappa shape index (κ3) is 5.62. The fourth-order valence-corrected chi connectivity index (χ4v) is 7.16. The second-order valence-electron chi connectivity index (χ2n) is 11.7. The van der Waals surface area contributed by atoms with Crippen LogP contribution in [0.15, 0.2) is 106 Å².